The Kier molecular flexibility index (Phi) is 2.83. The average molecular weight is 204 g/mol. The van der Waals surface area contributed by atoms with Gasteiger partial charge in [0.15, 0.2) is 0 Å². The van der Waals surface area contributed by atoms with Crippen molar-refractivity contribution in [3.05, 3.63) is 35.4 Å². The minimum Gasteiger partial charge on any atom is -0.385 e. The Morgan fingerprint density at radius 2 is 2.00 bits per heavy atom. The summed E-state index contributed by atoms with van der Waals surface area (Å²) in [4.78, 5) is 0. The van der Waals surface area contributed by atoms with Gasteiger partial charge in [0.2, 0.25) is 0 Å². The Morgan fingerprint density at radius 1 is 1.33 bits per heavy atom. The fraction of sp³-hybridized carbons (Fsp3) is 0.571. The van der Waals surface area contributed by atoms with Gasteiger partial charge in [0.25, 0.3) is 0 Å². The summed E-state index contributed by atoms with van der Waals surface area (Å²) in [7, 11) is 0. The van der Waals surface area contributed by atoms with Gasteiger partial charge in [-0.2, -0.15) is 0 Å². The molecular formula is C14H20O. The van der Waals surface area contributed by atoms with Crippen LogP contribution in [0.15, 0.2) is 24.3 Å². The third-order valence-electron chi connectivity index (χ3n) is 3.64. The van der Waals surface area contributed by atoms with E-state index in [9.17, 15) is 5.11 Å². The summed E-state index contributed by atoms with van der Waals surface area (Å²) in [5.74, 6) is 0.654. The first kappa shape index (κ1) is 10.7. The van der Waals surface area contributed by atoms with Crippen LogP contribution in [0, 0.1) is 5.92 Å². The molecule has 1 fully saturated rings. The number of hydrogen-bond acceptors (Lipinski definition) is 1. The number of aryl methyl sites for hydroxylation is 1. The monoisotopic (exact) mass is 204 g/mol. The smallest absolute Gasteiger partial charge is 0.0899 e. The molecule has 1 heteroatoms. The molecule has 0 unspecified atom stereocenters. The molecule has 0 bridgehead atoms. The Hall–Kier alpha value is -0.820. The normalized spacial score (nSPS) is 30.7. The van der Waals surface area contributed by atoms with Gasteiger partial charge in [0, 0.05) is 0 Å². The van der Waals surface area contributed by atoms with E-state index >= 15 is 0 Å². The van der Waals surface area contributed by atoms with E-state index in [1.54, 1.807) is 0 Å². The Balaban J connectivity index is 2.22. The van der Waals surface area contributed by atoms with E-state index in [1.807, 2.05) is 0 Å². The minimum absolute atomic E-state index is 0.550. The van der Waals surface area contributed by atoms with Crippen molar-refractivity contribution in [2.45, 2.75) is 45.1 Å². The van der Waals surface area contributed by atoms with Crippen LogP contribution in [-0.4, -0.2) is 5.11 Å². The maximum absolute atomic E-state index is 10.5. The average Bonchev–Trinajstić information content (AvgIpc) is 2.60. The predicted molar refractivity (Wildman–Crippen MR) is 62.7 cm³/mol. The molecule has 0 radical (unpaired) electrons. The maximum Gasteiger partial charge on any atom is 0.0899 e. The number of aliphatic hydroxyl groups is 1. The molecule has 0 aliphatic heterocycles. The highest BCUT2D eigenvalue weighted by Gasteiger charge is 2.36. The Morgan fingerprint density at radius 3 is 2.47 bits per heavy atom. The number of rotatable bonds is 2. The molecule has 1 N–H and O–H groups in total. The van der Waals surface area contributed by atoms with Crippen molar-refractivity contribution in [2.24, 2.45) is 5.92 Å². The lowest BCUT2D eigenvalue weighted by molar-refractivity contribution is 0.0408. The van der Waals surface area contributed by atoms with Crippen molar-refractivity contribution >= 4 is 0 Å². The molecule has 1 aliphatic carbocycles. The molecule has 0 spiro atoms. The highest BCUT2D eigenvalue weighted by Crippen LogP contribution is 2.41. The molecule has 15 heavy (non-hydrogen) atoms. The minimum atomic E-state index is -0.550. The van der Waals surface area contributed by atoms with Gasteiger partial charge in [-0.3, -0.25) is 0 Å². The van der Waals surface area contributed by atoms with E-state index in [4.69, 9.17) is 0 Å². The first-order valence-electron chi connectivity index (χ1n) is 5.96. The lowest BCUT2D eigenvalue weighted by atomic mass is 9.90. The third kappa shape index (κ3) is 2.07. The predicted octanol–water partition coefficient (Wildman–Crippen LogP) is 3.26. The fourth-order valence-corrected chi connectivity index (χ4v) is 2.58. The van der Waals surface area contributed by atoms with Gasteiger partial charge in [0.05, 0.1) is 5.60 Å². The van der Waals surface area contributed by atoms with Crippen LogP contribution in [0.5, 0.6) is 0 Å². The summed E-state index contributed by atoms with van der Waals surface area (Å²) in [5.41, 5.74) is 1.89. The zero-order valence-electron chi connectivity index (χ0n) is 9.66. The van der Waals surface area contributed by atoms with Crippen LogP contribution < -0.4 is 0 Å². The van der Waals surface area contributed by atoms with Crippen LogP contribution in [0.25, 0.3) is 0 Å². The molecule has 2 atom stereocenters. The van der Waals surface area contributed by atoms with Crippen LogP contribution in [0.3, 0.4) is 0 Å². The summed E-state index contributed by atoms with van der Waals surface area (Å²) in [6.45, 7) is 4.37. The SMILES string of the molecule is CCc1ccc([C@]2(O)CC[C@@H](C)C2)cc1. The van der Waals surface area contributed by atoms with E-state index in [2.05, 4.69) is 38.1 Å². The van der Waals surface area contributed by atoms with Gasteiger partial charge in [-0.05, 0) is 42.7 Å². The van der Waals surface area contributed by atoms with Crippen LogP contribution in [0.4, 0.5) is 0 Å². The van der Waals surface area contributed by atoms with E-state index in [1.165, 1.54) is 5.56 Å². The molecule has 1 aromatic carbocycles. The summed E-state index contributed by atoms with van der Waals surface area (Å²) in [6, 6.07) is 8.46. The largest absolute Gasteiger partial charge is 0.385 e. The van der Waals surface area contributed by atoms with Gasteiger partial charge in [-0.25, -0.2) is 0 Å². The second-order valence-corrected chi connectivity index (χ2v) is 4.93. The second-order valence-electron chi connectivity index (χ2n) is 4.93. The van der Waals surface area contributed by atoms with Crippen LogP contribution >= 0.6 is 0 Å². The fourth-order valence-electron chi connectivity index (χ4n) is 2.58. The van der Waals surface area contributed by atoms with Gasteiger partial charge >= 0.3 is 0 Å². The first-order valence-corrected chi connectivity index (χ1v) is 5.96. The number of benzene rings is 1. The van der Waals surface area contributed by atoms with Gasteiger partial charge in [-0.1, -0.05) is 38.1 Å². The molecule has 1 aliphatic rings. The van der Waals surface area contributed by atoms with E-state index < -0.39 is 5.60 Å². The van der Waals surface area contributed by atoms with Gasteiger partial charge in [0.1, 0.15) is 0 Å². The quantitative estimate of drug-likeness (QED) is 0.784. The van der Waals surface area contributed by atoms with Crippen LogP contribution in [0.2, 0.25) is 0 Å². The molecule has 0 amide bonds. The topological polar surface area (TPSA) is 20.2 Å². The zero-order chi connectivity index (χ0) is 10.9. The molecule has 0 saturated heterocycles. The summed E-state index contributed by atoms with van der Waals surface area (Å²) in [6.07, 6.45) is 4.04. The zero-order valence-corrected chi connectivity index (χ0v) is 9.66. The van der Waals surface area contributed by atoms with Crippen LogP contribution in [0.1, 0.15) is 44.2 Å². The van der Waals surface area contributed by atoms with Crippen molar-refractivity contribution < 1.29 is 5.11 Å². The standard InChI is InChI=1S/C14H20O/c1-3-12-4-6-13(7-5-12)14(15)9-8-11(2)10-14/h4-7,11,15H,3,8-10H2,1-2H3/t11-,14+/m1/s1. The molecule has 2 rings (SSSR count). The van der Waals surface area contributed by atoms with Gasteiger partial charge < -0.3 is 5.11 Å². The molecular weight excluding hydrogens is 184 g/mol. The van der Waals surface area contributed by atoms with E-state index in [-0.39, 0.29) is 0 Å². The Labute approximate surface area is 92.1 Å². The summed E-state index contributed by atoms with van der Waals surface area (Å²) >= 11 is 0. The Bertz CT molecular complexity index is 328. The molecule has 0 heterocycles. The van der Waals surface area contributed by atoms with E-state index in [0.29, 0.717) is 5.92 Å². The first-order chi connectivity index (χ1) is 7.14. The number of hydrogen-bond donors (Lipinski definition) is 1. The van der Waals surface area contributed by atoms with Crippen molar-refractivity contribution in [2.75, 3.05) is 0 Å². The second kappa shape index (κ2) is 3.97. The van der Waals surface area contributed by atoms with Crippen molar-refractivity contribution in [1.29, 1.82) is 0 Å². The highest BCUT2D eigenvalue weighted by molar-refractivity contribution is 5.28. The lowest BCUT2D eigenvalue weighted by Crippen LogP contribution is -2.21. The lowest BCUT2D eigenvalue weighted by Gasteiger charge is -2.23. The molecule has 0 aromatic heterocycles. The van der Waals surface area contributed by atoms with E-state index in [0.717, 1.165) is 31.2 Å². The maximum atomic E-state index is 10.5. The van der Waals surface area contributed by atoms with Gasteiger partial charge in [-0.15, -0.1) is 0 Å². The summed E-state index contributed by atoms with van der Waals surface area (Å²) < 4.78 is 0. The highest BCUT2D eigenvalue weighted by atomic mass is 16.3. The van der Waals surface area contributed by atoms with Crippen molar-refractivity contribution in [1.82, 2.24) is 0 Å². The van der Waals surface area contributed by atoms with Crippen molar-refractivity contribution in [3.8, 4) is 0 Å². The van der Waals surface area contributed by atoms with Crippen LogP contribution in [-0.2, 0) is 12.0 Å². The third-order valence-corrected chi connectivity index (χ3v) is 3.64. The van der Waals surface area contributed by atoms with Crippen molar-refractivity contribution in [3.63, 3.8) is 0 Å². The molecule has 82 valence electrons. The molecule has 1 nitrogen and oxygen atoms in total. The molecule has 1 aromatic rings. The molecule has 1 saturated carbocycles. The summed E-state index contributed by atoms with van der Waals surface area (Å²) in [5, 5.41) is 10.5.